The maximum atomic E-state index is 5.94. The number of ether oxygens (including phenoxy) is 1. The average molecular weight is 167 g/mol. The quantitative estimate of drug-likeness (QED) is 0.629. The molecule has 1 N–H and O–H groups in total. The summed E-state index contributed by atoms with van der Waals surface area (Å²) in [5.74, 6) is 0. The van der Waals surface area contributed by atoms with Crippen LogP contribution in [0.1, 0.15) is 25.7 Å². The summed E-state index contributed by atoms with van der Waals surface area (Å²) in [6.45, 7) is 2.19. The number of rotatable bonds is 2. The smallest absolute Gasteiger partial charge is 0.0715 e. The van der Waals surface area contributed by atoms with Gasteiger partial charge in [0.2, 0.25) is 0 Å². The summed E-state index contributed by atoms with van der Waals surface area (Å²) in [6, 6.07) is 0. The Morgan fingerprint density at radius 3 is 2.83 bits per heavy atom. The normalized spacial score (nSPS) is 35.7. The van der Waals surface area contributed by atoms with Crippen molar-refractivity contribution in [1.29, 1.82) is 0 Å². The highest BCUT2D eigenvalue weighted by Crippen LogP contribution is 2.17. The molecule has 1 fully saturated rings. The van der Waals surface area contributed by atoms with Crippen LogP contribution in [0.25, 0.3) is 0 Å². The molecule has 0 radical (unpaired) electrons. The van der Waals surface area contributed by atoms with Crippen LogP contribution in [0.3, 0.4) is 0 Å². The monoisotopic (exact) mass is 167 g/mol. The van der Waals surface area contributed by atoms with Gasteiger partial charge in [-0.25, -0.2) is 0 Å². The molecule has 2 rings (SSSR count). The lowest BCUT2D eigenvalue weighted by atomic mass is 10.0. The van der Waals surface area contributed by atoms with Crippen molar-refractivity contribution in [1.82, 2.24) is 5.32 Å². The molecule has 0 aromatic rings. The fourth-order valence-corrected chi connectivity index (χ4v) is 1.91. The molecule has 0 bridgehead atoms. The molecule has 0 aromatic heterocycles. The van der Waals surface area contributed by atoms with E-state index in [1.54, 1.807) is 0 Å². The van der Waals surface area contributed by atoms with Crippen molar-refractivity contribution in [3.63, 3.8) is 0 Å². The van der Waals surface area contributed by atoms with Crippen LogP contribution < -0.4 is 5.32 Å². The van der Waals surface area contributed by atoms with Crippen LogP contribution in [-0.2, 0) is 4.74 Å². The van der Waals surface area contributed by atoms with E-state index in [-0.39, 0.29) is 0 Å². The predicted molar refractivity (Wildman–Crippen MR) is 49.1 cm³/mol. The minimum Gasteiger partial charge on any atom is -0.373 e. The first-order valence-corrected chi connectivity index (χ1v) is 4.96. The molecule has 0 aromatic carbocycles. The van der Waals surface area contributed by atoms with Crippen molar-refractivity contribution in [2.45, 2.75) is 37.9 Å². The Hall–Kier alpha value is -0.340. The summed E-state index contributed by atoms with van der Waals surface area (Å²) in [5, 5.41) is 3.32. The molecule has 2 atom stereocenters. The highest BCUT2D eigenvalue weighted by Gasteiger charge is 2.19. The van der Waals surface area contributed by atoms with Gasteiger partial charge in [0.25, 0.3) is 0 Å². The largest absolute Gasteiger partial charge is 0.373 e. The van der Waals surface area contributed by atoms with Gasteiger partial charge in [0, 0.05) is 6.54 Å². The van der Waals surface area contributed by atoms with Gasteiger partial charge in [-0.15, -0.1) is 0 Å². The van der Waals surface area contributed by atoms with E-state index in [0.29, 0.717) is 12.2 Å². The Bertz CT molecular complexity index is 161. The van der Waals surface area contributed by atoms with Crippen molar-refractivity contribution in [2.24, 2.45) is 0 Å². The Morgan fingerprint density at radius 2 is 2.17 bits per heavy atom. The highest BCUT2D eigenvalue weighted by molar-refractivity contribution is 4.91. The lowest BCUT2D eigenvalue weighted by molar-refractivity contribution is -0.00503. The van der Waals surface area contributed by atoms with Crippen molar-refractivity contribution in [3.05, 3.63) is 12.2 Å². The number of hydrogen-bond acceptors (Lipinski definition) is 2. The molecule has 2 nitrogen and oxygen atoms in total. The van der Waals surface area contributed by atoms with Gasteiger partial charge in [0.15, 0.2) is 0 Å². The fourth-order valence-electron chi connectivity index (χ4n) is 1.91. The van der Waals surface area contributed by atoms with E-state index in [2.05, 4.69) is 17.5 Å². The molecule has 1 aliphatic heterocycles. The van der Waals surface area contributed by atoms with Gasteiger partial charge in [0.05, 0.1) is 12.2 Å². The summed E-state index contributed by atoms with van der Waals surface area (Å²) < 4.78 is 5.94. The summed E-state index contributed by atoms with van der Waals surface area (Å²) in [7, 11) is 0. The number of allylic oxidation sites excluding steroid dienone is 1. The van der Waals surface area contributed by atoms with Gasteiger partial charge in [-0.2, -0.15) is 0 Å². The van der Waals surface area contributed by atoms with Gasteiger partial charge in [-0.3, -0.25) is 0 Å². The van der Waals surface area contributed by atoms with Crippen LogP contribution in [0.2, 0.25) is 0 Å². The highest BCUT2D eigenvalue weighted by atomic mass is 16.5. The van der Waals surface area contributed by atoms with Crippen molar-refractivity contribution in [3.8, 4) is 0 Å². The van der Waals surface area contributed by atoms with E-state index in [1.807, 2.05) is 0 Å². The van der Waals surface area contributed by atoms with Gasteiger partial charge in [0.1, 0.15) is 0 Å². The predicted octanol–water partition coefficient (Wildman–Crippen LogP) is 1.47. The first-order valence-electron chi connectivity index (χ1n) is 4.96. The van der Waals surface area contributed by atoms with Crippen LogP contribution in [0, 0.1) is 0 Å². The lowest BCUT2D eigenvalue weighted by Crippen LogP contribution is -2.24. The molecular weight excluding hydrogens is 150 g/mol. The van der Waals surface area contributed by atoms with E-state index in [4.69, 9.17) is 4.74 Å². The summed E-state index contributed by atoms with van der Waals surface area (Å²) in [5.41, 5.74) is 0. The maximum absolute atomic E-state index is 5.94. The van der Waals surface area contributed by atoms with Crippen LogP contribution in [-0.4, -0.2) is 25.3 Å². The minimum atomic E-state index is 0.487. The average Bonchev–Trinajstić information content (AvgIpc) is 2.59. The summed E-state index contributed by atoms with van der Waals surface area (Å²) >= 11 is 0. The lowest BCUT2D eigenvalue weighted by Gasteiger charge is -2.22. The van der Waals surface area contributed by atoms with Gasteiger partial charge in [-0.05, 0) is 32.2 Å². The zero-order valence-electron chi connectivity index (χ0n) is 7.46. The molecule has 2 unspecified atom stereocenters. The molecule has 68 valence electrons. The molecule has 0 saturated carbocycles. The second-order valence-electron chi connectivity index (χ2n) is 3.66. The van der Waals surface area contributed by atoms with E-state index in [9.17, 15) is 0 Å². The van der Waals surface area contributed by atoms with Crippen LogP contribution in [0.4, 0.5) is 0 Å². The van der Waals surface area contributed by atoms with Gasteiger partial charge < -0.3 is 10.1 Å². The van der Waals surface area contributed by atoms with E-state index >= 15 is 0 Å². The fraction of sp³-hybridized carbons (Fsp3) is 0.800. The van der Waals surface area contributed by atoms with Crippen molar-refractivity contribution >= 4 is 0 Å². The van der Waals surface area contributed by atoms with Crippen molar-refractivity contribution in [2.75, 3.05) is 13.1 Å². The standard InChI is InChI=1S/C10H17NO/c1-2-4-9(5-3-1)12-10-6-7-11-8-10/h1-2,9-11H,3-8H2. The molecule has 1 heterocycles. The zero-order valence-corrected chi connectivity index (χ0v) is 7.46. The molecule has 1 aliphatic carbocycles. The van der Waals surface area contributed by atoms with Crippen LogP contribution >= 0.6 is 0 Å². The zero-order chi connectivity index (χ0) is 8.23. The van der Waals surface area contributed by atoms with Gasteiger partial charge in [-0.1, -0.05) is 12.2 Å². The molecule has 2 heteroatoms. The minimum absolute atomic E-state index is 0.487. The summed E-state index contributed by atoms with van der Waals surface area (Å²) in [6.07, 6.45) is 10.2. The molecule has 12 heavy (non-hydrogen) atoms. The topological polar surface area (TPSA) is 21.3 Å². The summed E-state index contributed by atoms with van der Waals surface area (Å²) in [4.78, 5) is 0. The Kier molecular flexibility index (Phi) is 2.79. The van der Waals surface area contributed by atoms with E-state index < -0.39 is 0 Å². The Balaban J connectivity index is 1.74. The first kappa shape index (κ1) is 8.27. The van der Waals surface area contributed by atoms with Crippen molar-refractivity contribution < 1.29 is 4.74 Å². The Labute approximate surface area is 74.0 Å². The molecule has 1 saturated heterocycles. The SMILES string of the molecule is C1=CCC(OC2CCNC2)CC1. The van der Waals surface area contributed by atoms with Gasteiger partial charge >= 0.3 is 0 Å². The van der Waals surface area contributed by atoms with E-state index in [1.165, 1.54) is 19.3 Å². The van der Waals surface area contributed by atoms with E-state index in [0.717, 1.165) is 19.5 Å². The third-order valence-corrected chi connectivity index (χ3v) is 2.62. The number of hydrogen-bond donors (Lipinski definition) is 1. The molecule has 2 aliphatic rings. The third-order valence-electron chi connectivity index (χ3n) is 2.62. The molecular formula is C10H17NO. The maximum Gasteiger partial charge on any atom is 0.0715 e. The molecule has 0 amide bonds. The third kappa shape index (κ3) is 2.08. The van der Waals surface area contributed by atoms with Crippen LogP contribution in [0.15, 0.2) is 12.2 Å². The van der Waals surface area contributed by atoms with Crippen LogP contribution in [0.5, 0.6) is 0 Å². The second-order valence-corrected chi connectivity index (χ2v) is 3.66. The number of nitrogens with one attached hydrogen (secondary N) is 1. The molecule has 0 spiro atoms. The second kappa shape index (κ2) is 4.06. The first-order chi connectivity index (χ1) is 5.95. The Morgan fingerprint density at radius 1 is 1.17 bits per heavy atom.